The molecule has 31 heavy (non-hydrogen) atoms. The van der Waals surface area contributed by atoms with E-state index in [0.717, 1.165) is 47.1 Å². The van der Waals surface area contributed by atoms with E-state index in [2.05, 4.69) is 15.5 Å². The molecule has 2 heterocycles. The fourth-order valence-electron chi connectivity index (χ4n) is 2.92. The van der Waals surface area contributed by atoms with Crippen molar-refractivity contribution in [1.82, 2.24) is 25.1 Å². The predicted octanol–water partition coefficient (Wildman–Crippen LogP) is 1.95. The maximum absolute atomic E-state index is 13.8. The number of benzene rings is 1. The van der Waals surface area contributed by atoms with E-state index < -0.39 is 17.0 Å². The number of aromatic nitrogens is 3. The van der Waals surface area contributed by atoms with Crippen molar-refractivity contribution in [2.24, 2.45) is 0 Å². The van der Waals surface area contributed by atoms with Crippen molar-refractivity contribution in [3.8, 4) is 0 Å². The van der Waals surface area contributed by atoms with Gasteiger partial charge in [-0.1, -0.05) is 30.0 Å². The van der Waals surface area contributed by atoms with Crippen LogP contribution in [0.3, 0.4) is 0 Å². The monoisotopic (exact) mass is 462 g/mol. The first-order valence-corrected chi connectivity index (χ1v) is 11.3. The van der Waals surface area contributed by atoms with E-state index in [4.69, 9.17) is 5.84 Å². The standard InChI is InChI=1S/C19H19FN6O3S2/c20-13-4-2-1-3-12(13)9-14-17(28)25(19(29)31-14)8-7-22-15(27)10-30-18-24-23-16(26(18)21)11-5-6-11/h1-4,9,11H,5-8,10,21H2,(H,22,27)/b14-9-. The minimum Gasteiger partial charge on any atom is -0.354 e. The molecule has 2 aliphatic rings. The number of amides is 3. The van der Waals surface area contributed by atoms with Crippen LogP contribution < -0.4 is 11.2 Å². The summed E-state index contributed by atoms with van der Waals surface area (Å²) in [5.74, 6) is 5.84. The van der Waals surface area contributed by atoms with E-state index >= 15 is 0 Å². The Morgan fingerprint density at radius 1 is 1.32 bits per heavy atom. The molecule has 0 bridgehead atoms. The van der Waals surface area contributed by atoms with Gasteiger partial charge in [-0.25, -0.2) is 9.07 Å². The van der Waals surface area contributed by atoms with Crippen LogP contribution in [0.5, 0.6) is 0 Å². The number of nitrogens with one attached hydrogen (secondary N) is 1. The second-order valence-corrected chi connectivity index (χ2v) is 8.91. The number of halogens is 1. The zero-order valence-electron chi connectivity index (χ0n) is 16.3. The van der Waals surface area contributed by atoms with Gasteiger partial charge in [0.1, 0.15) is 5.82 Å². The molecular weight excluding hydrogens is 443 g/mol. The van der Waals surface area contributed by atoms with Gasteiger partial charge in [0.2, 0.25) is 11.1 Å². The number of imide groups is 1. The summed E-state index contributed by atoms with van der Waals surface area (Å²) in [6.45, 7) is 0.127. The average molecular weight is 463 g/mol. The van der Waals surface area contributed by atoms with Gasteiger partial charge in [0.15, 0.2) is 5.82 Å². The first kappa shape index (κ1) is 21.4. The van der Waals surface area contributed by atoms with Gasteiger partial charge in [0, 0.05) is 24.6 Å². The Morgan fingerprint density at radius 2 is 2.10 bits per heavy atom. The maximum Gasteiger partial charge on any atom is 0.293 e. The quantitative estimate of drug-likeness (QED) is 0.347. The van der Waals surface area contributed by atoms with Crippen LogP contribution in [0.25, 0.3) is 6.08 Å². The summed E-state index contributed by atoms with van der Waals surface area (Å²) < 4.78 is 15.2. The Morgan fingerprint density at radius 3 is 2.84 bits per heavy atom. The number of nitrogen functional groups attached to an aromatic ring is 1. The van der Waals surface area contributed by atoms with Crippen molar-refractivity contribution in [3.05, 3.63) is 46.4 Å². The lowest BCUT2D eigenvalue weighted by Gasteiger charge is -2.12. The molecule has 1 aliphatic carbocycles. The largest absolute Gasteiger partial charge is 0.354 e. The third kappa shape index (κ3) is 4.90. The normalized spacial score (nSPS) is 17.6. The van der Waals surface area contributed by atoms with Crippen LogP contribution in [0.4, 0.5) is 9.18 Å². The van der Waals surface area contributed by atoms with Crippen molar-refractivity contribution in [2.75, 3.05) is 24.7 Å². The van der Waals surface area contributed by atoms with Crippen LogP contribution in [0.2, 0.25) is 0 Å². The van der Waals surface area contributed by atoms with E-state index in [1.165, 1.54) is 22.9 Å². The zero-order chi connectivity index (χ0) is 22.0. The van der Waals surface area contributed by atoms with Crippen LogP contribution in [0, 0.1) is 5.82 Å². The van der Waals surface area contributed by atoms with Crippen molar-refractivity contribution < 1.29 is 18.8 Å². The molecule has 1 aromatic carbocycles. The summed E-state index contributed by atoms with van der Waals surface area (Å²) in [7, 11) is 0. The molecule has 2 fully saturated rings. The maximum atomic E-state index is 13.8. The summed E-state index contributed by atoms with van der Waals surface area (Å²) in [5, 5.41) is 10.7. The SMILES string of the molecule is Nn1c(SCC(=O)NCCN2C(=O)S/C(=C\c3ccccc3F)C2=O)nnc1C1CC1. The fraction of sp³-hybridized carbons (Fsp3) is 0.316. The van der Waals surface area contributed by atoms with Crippen molar-refractivity contribution >= 4 is 46.7 Å². The number of rotatable bonds is 8. The highest BCUT2D eigenvalue weighted by atomic mass is 32.2. The van der Waals surface area contributed by atoms with Gasteiger partial charge in [0.05, 0.1) is 10.7 Å². The van der Waals surface area contributed by atoms with Crippen LogP contribution >= 0.6 is 23.5 Å². The Labute approximate surface area is 185 Å². The minimum absolute atomic E-state index is 0.0224. The molecule has 1 saturated heterocycles. The highest BCUT2D eigenvalue weighted by Crippen LogP contribution is 2.39. The zero-order valence-corrected chi connectivity index (χ0v) is 17.9. The number of hydrogen-bond acceptors (Lipinski definition) is 8. The molecule has 0 radical (unpaired) electrons. The van der Waals surface area contributed by atoms with Gasteiger partial charge >= 0.3 is 0 Å². The fourth-order valence-corrected chi connectivity index (χ4v) is 4.47. The molecule has 0 unspecified atom stereocenters. The number of nitrogens with two attached hydrogens (primary N) is 1. The number of nitrogens with zero attached hydrogens (tertiary/aromatic N) is 4. The molecule has 2 aromatic rings. The second-order valence-electron chi connectivity index (χ2n) is 6.98. The van der Waals surface area contributed by atoms with Crippen LogP contribution in [0.15, 0.2) is 34.3 Å². The van der Waals surface area contributed by atoms with E-state index in [1.54, 1.807) is 12.1 Å². The third-order valence-corrected chi connectivity index (χ3v) is 6.54. The van der Waals surface area contributed by atoms with Gasteiger partial charge in [0.25, 0.3) is 11.1 Å². The van der Waals surface area contributed by atoms with Gasteiger partial charge < -0.3 is 11.2 Å². The lowest BCUT2D eigenvalue weighted by molar-refractivity contribution is -0.123. The molecule has 162 valence electrons. The number of carbonyl (C=O) groups excluding carboxylic acids is 3. The van der Waals surface area contributed by atoms with Gasteiger partial charge in [-0.2, -0.15) is 0 Å². The summed E-state index contributed by atoms with van der Waals surface area (Å²) in [5.41, 5.74) is 0.232. The van der Waals surface area contributed by atoms with Crippen LogP contribution in [-0.4, -0.2) is 55.7 Å². The summed E-state index contributed by atoms with van der Waals surface area (Å²) in [4.78, 5) is 37.9. The van der Waals surface area contributed by atoms with E-state index in [0.29, 0.717) is 11.1 Å². The molecule has 9 nitrogen and oxygen atoms in total. The molecule has 4 rings (SSSR count). The summed E-state index contributed by atoms with van der Waals surface area (Å²) in [6.07, 6.45) is 3.45. The van der Waals surface area contributed by atoms with Gasteiger partial charge in [-0.05, 0) is 36.7 Å². The molecule has 1 aromatic heterocycles. The topological polar surface area (TPSA) is 123 Å². The number of hydrogen-bond donors (Lipinski definition) is 2. The van der Waals surface area contributed by atoms with Gasteiger partial charge in [-0.15, -0.1) is 10.2 Å². The first-order chi connectivity index (χ1) is 14.9. The highest BCUT2D eigenvalue weighted by molar-refractivity contribution is 8.18. The van der Waals surface area contributed by atoms with Crippen molar-refractivity contribution in [3.63, 3.8) is 0 Å². The lowest BCUT2D eigenvalue weighted by atomic mass is 10.2. The lowest BCUT2D eigenvalue weighted by Crippen LogP contribution is -2.37. The second kappa shape index (κ2) is 9.10. The van der Waals surface area contributed by atoms with Crippen molar-refractivity contribution in [1.29, 1.82) is 0 Å². The molecular formula is C19H19FN6O3S2. The average Bonchev–Trinajstić information content (AvgIpc) is 3.47. The molecule has 1 aliphatic heterocycles. The van der Waals surface area contributed by atoms with Crippen LogP contribution in [-0.2, 0) is 9.59 Å². The summed E-state index contributed by atoms with van der Waals surface area (Å²) in [6, 6.07) is 6.00. The van der Waals surface area contributed by atoms with E-state index in [9.17, 15) is 18.8 Å². The van der Waals surface area contributed by atoms with E-state index in [-0.39, 0.29) is 35.2 Å². The molecule has 1 saturated carbocycles. The number of thioether (sulfide) groups is 2. The van der Waals surface area contributed by atoms with Gasteiger partial charge in [-0.3, -0.25) is 19.3 Å². The smallest absolute Gasteiger partial charge is 0.293 e. The van der Waals surface area contributed by atoms with Crippen molar-refractivity contribution in [2.45, 2.75) is 23.9 Å². The third-order valence-electron chi connectivity index (χ3n) is 4.69. The molecule has 0 atom stereocenters. The molecule has 0 spiro atoms. The Balaban J connectivity index is 1.25. The van der Waals surface area contributed by atoms with E-state index in [1.807, 2.05) is 0 Å². The Hall–Kier alpha value is -2.86. The highest BCUT2D eigenvalue weighted by Gasteiger charge is 2.35. The molecule has 3 amide bonds. The Bertz CT molecular complexity index is 1070. The van der Waals surface area contributed by atoms with Crippen LogP contribution in [0.1, 0.15) is 30.1 Å². The molecule has 12 heteroatoms. The first-order valence-electron chi connectivity index (χ1n) is 9.54. The Kier molecular flexibility index (Phi) is 6.28. The number of carbonyl (C=O) groups is 3. The molecule has 3 N–H and O–H groups in total. The predicted molar refractivity (Wildman–Crippen MR) is 115 cm³/mol. The minimum atomic E-state index is -0.509. The summed E-state index contributed by atoms with van der Waals surface area (Å²) >= 11 is 1.91.